The van der Waals surface area contributed by atoms with E-state index in [4.69, 9.17) is 15.2 Å². The maximum absolute atomic E-state index is 12.0. The Bertz CT molecular complexity index is 866. The Morgan fingerprint density at radius 1 is 1.26 bits per heavy atom. The second-order valence-electron chi connectivity index (χ2n) is 8.01. The Morgan fingerprint density at radius 2 is 2.00 bits per heavy atom. The van der Waals surface area contributed by atoms with Crippen molar-refractivity contribution in [1.82, 2.24) is 9.88 Å². The Kier molecular flexibility index (Phi) is 5.04. The van der Waals surface area contributed by atoms with Crippen molar-refractivity contribution in [2.24, 2.45) is 5.73 Å². The molecule has 7 heteroatoms. The van der Waals surface area contributed by atoms with Crippen LogP contribution in [0.3, 0.4) is 0 Å². The van der Waals surface area contributed by atoms with Gasteiger partial charge in [-0.25, -0.2) is 4.79 Å². The van der Waals surface area contributed by atoms with Gasteiger partial charge in [-0.15, -0.1) is 0 Å². The van der Waals surface area contributed by atoms with Crippen LogP contribution in [0.15, 0.2) is 24.4 Å². The lowest BCUT2D eigenvalue weighted by atomic mass is 10.1. The molecular formula is C20H27N3O4. The number of nitrogens with two attached hydrogens (primary N) is 1. The topological polar surface area (TPSA) is 95.6 Å². The van der Waals surface area contributed by atoms with Crippen molar-refractivity contribution in [3.63, 3.8) is 0 Å². The summed E-state index contributed by atoms with van der Waals surface area (Å²) in [6, 6.07) is 5.92. The van der Waals surface area contributed by atoms with Crippen LogP contribution in [0.2, 0.25) is 0 Å². The zero-order chi connectivity index (χ0) is 19.8. The number of methoxy groups -OCH3 is 1. The average Bonchev–Trinajstić information content (AvgIpc) is 3.17. The number of aromatic nitrogens is 1. The van der Waals surface area contributed by atoms with E-state index in [1.807, 2.05) is 39.1 Å². The molecule has 3 N–H and O–H groups in total. The van der Waals surface area contributed by atoms with Crippen LogP contribution in [-0.2, 0) is 4.74 Å². The lowest BCUT2D eigenvalue weighted by Gasteiger charge is -2.22. The van der Waals surface area contributed by atoms with Gasteiger partial charge in [0.25, 0.3) is 5.91 Å². The van der Waals surface area contributed by atoms with Crippen molar-refractivity contribution in [3.8, 4) is 5.75 Å². The predicted molar refractivity (Wildman–Crippen MR) is 103 cm³/mol. The van der Waals surface area contributed by atoms with E-state index >= 15 is 0 Å². The van der Waals surface area contributed by atoms with Crippen molar-refractivity contribution in [1.29, 1.82) is 0 Å². The zero-order valence-electron chi connectivity index (χ0n) is 16.2. The third-order valence-electron chi connectivity index (χ3n) is 4.83. The maximum atomic E-state index is 12.0. The molecule has 0 spiro atoms. The van der Waals surface area contributed by atoms with E-state index in [2.05, 4.69) is 9.88 Å². The predicted octanol–water partition coefficient (Wildman–Crippen LogP) is 3.37. The molecule has 1 aromatic carbocycles. The summed E-state index contributed by atoms with van der Waals surface area (Å²) in [6.45, 7) is 5.55. The summed E-state index contributed by atoms with van der Waals surface area (Å²) in [5, 5.41) is 3.90. The molecule has 0 radical (unpaired) electrons. The molecule has 1 aliphatic carbocycles. The molecular weight excluding hydrogens is 346 g/mol. The van der Waals surface area contributed by atoms with Crippen molar-refractivity contribution >= 4 is 22.9 Å². The van der Waals surface area contributed by atoms with Crippen molar-refractivity contribution in [3.05, 3.63) is 30.0 Å². The van der Waals surface area contributed by atoms with Crippen LogP contribution < -0.4 is 15.8 Å². The quantitative estimate of drug-likeness (QED) is 0.859. The molecule has 1 aromatic heterocycles. The third-order valence-corrected chi connectivity index (χ3v) is 4.83. The Labute approximate surface area is 158 Å². The molecule has 27 heavy (non-hydrogen) atoms. The van der Waals surface area contributed by atoms with Crippen molar-refractivity contribution in [2.75, 3.05) is 7.11 Å². The van der Waals surface area contributed by atoms with Crippen molar-refractivity contribution < 1.29 is 19.1 Å². The van der Waals surface area contributed by atoms with E-state index in [9.17, 15) is 9.59 Å². The zero-order valence-corrected chi connectivity index (χ0v) is 16.2. The van der Waals surface area contributed by atoms with Gasteiger partial charge in [0.2, 0.25) is 0 Å². The van der Waals surface area contributed by atoms with Crippen LogP contribution in [0.25, 0.3) is 10.9 Å². The van der Waals surface area contributed by atoms with E-state index in [1.165, 1.54) is 7.11 Å². The molecule has 0 bridgehead atoms. The number of nitrogens with zero attached hydrogens (tertiary/aromatic N) is 1. The van der Waals surface area contributed by atoms with E-state index in [0.717, 1.165) is 30.2 Å². The first-order chi connectivity index (χ1) is 12.7. The van der Waals surface area contributed by atoms with Crippen LogP contribution in [0, 0.1) is 0 Å². The Hall–Kier alpha value is -2.70. The highest BCUT2D eigenvalue weighted by molar-refractivity contribution is 6.00. The van der Waals surface area contributed by atoms with Gasteiger partial charge in [-0.2, -0.15) is 0 Å². The Balaban J connectivity index is 1.77. The maximum Gasteiger partial charge on any atom is 0.407 e. The number of benzene rings is 1. The third kappa shape index (κ3) is 4.18. The number of alkyl carbamates (subject to hydrolysis) is 1. The van der Waals surface area contributed by atoms with E-state index in [1.54, 1.807) is 6.07 Å². The highest BCUT2D eigenvalue weighted by atomic mass is 16.6. The molecule has 1 saturated carbocycles. The van der Waals surface area contributed by atoms with Gasteiger partial charge in [0.15, 0.2) is 0 Å². The van der Waals surface area contributed by atoms with Crippen LogP contribution in [0.5, 0.6) is 5.75 Å². The van der Waals surface area contributed by atoms with Gasteiger partial charge in [0.1, 0.15) is 11.4 Å². The summed E-state index contributed by atoms with van der Waals surface area (Å²) in [7, 11) is 1.53. The number of carbonyl (C=O) groups is 2. The summed E-state index contributed by atoms with van der Waals surface area (Å²) in [5.41, 5.74) is 6.29. The number of hydrogen-bond donors (Lipinski definition) is 2. The summed E-state index contributed by atoms with van der Waals surface area (Å²) in [4.78, 5) is 23.6. The molecule has 0 unspecified atom stereocenters. The second kappa shape index (κ2) is 7.13. The fourth-order valence-corrected chi connectivity index (χ4v) is 3.68. The number of rotatable bonds is 4. The van der Waals surface area contributed by atoms with E-state index in [0.29, 0.717) is 11.3 Å². The minimum Gasteiger partial charge on any atom is -0.496 e. The van der Waals surface area contributed by atoms with Gasteiger partial charge in [-0.3, -0.25) is 4.79 Å². The van der Waals surface area contributed by atoms with Gasteiger partial charge in [0, 0.05) is 29.7 Å². The molecule has 2 aromatic rings. The van der Waals surface area contributed by atoms with Gasteiger partial charge < -0.3 is 25.1 Å². The van der Waals surface area contributed by atoms with Crippen LogP contribution in [-0.4, -0.2) is 35.3 Å². The SMILES string of the molecule is COc1cc2c(ccn2[C@H]2CC[C@H](NC(=O)OC(C)(C)C)C2)cc1C(N)=O. The van der Waals surface area contributed by atoms with Crippen LogP contribution in [0.1, 0.15) is 56.4 Å². The van der Waals surface area contributed by atoms with Crippen LogP contribution >= 0.6 is 0 Å². The highest BCUT2D eigenvalue weighted by Gasteiger charge is 2.29. The summed E-state index contributed by atoms with van der Waals surface area (Å²) in [5.74, 6) is -0.0413. The summed E-state index contributed by atoms with van der Waals surface area (Å²) in [6.07, 6.45) is 4.29. The fraction of sp³-hybridized carbons (Fsp3) is 0.500. The molecule has 0 aliphatic heterocycles. The smallest absolute Gasteiger partial charge is 0.407 e. The van der Waals surface area contributed by atoms with E-state index in [-0.39, 0.29) is 18.2 Å². The average molecular weight is 373 g/mol. The number of primary amides is 1. The lowest BCUT2D eigenvalue weighted by molar-refractivity contribution is 0.0504. The molecule has 1 heterocycles. The first kappa shape index (κ1) is 19.1. The number of carbonyl (C=O) groups excluding carboxylic acids is 2. The largest absolute Gasteiger partial charge is 0.496 e. The molecule has 2 atom stereocenters. The molecule has 0 saturated heterocycles. The number of fused-ring (bicyclic) bond motifs is 1. The second-order valence-corrected chi connectivity index (χ2v) is 8.01. The van der Waals surface area contributed by atoms with E-state index < -0.39 is 11.5 Å². The first-order valence-electron chi connectivity index (χ1n) is 9.16. The van der Waals surface area contributed by atoms with Gasteiger partial charge in [0.05, 0.1) is 18.2 Å². The molecule has 1 aliphatic rings. The van der Waals surface area contributed by atoms with Gasteiger partial charge in [-0.1, -0.05) is 0 Å². The molecule has 2 amide bonds. The van der Waals surface area contributed by atoms with Crippen molar-refractivity contribution in [2.45, 2.75) is 57.7 Å². The fourth-order valence-electron chi connectivity index (χ4n) is 3.68. The summed E-state index contributed by atoms with van der Waals surface area (Å²) < 4.78 is 12.9. The number of ether oxygens (including phenoxy) is 2. The van der Waals surface area contributed by atoms with Gasteiger partial charge in [-0.05, 0) is 52.2 Å². The molecule has 146 valence electrons. The van der Waals surface area contributed by atoms with Gasteiger partial charge >= 0.3 is 6.09 Å². The lowest BCUT2D eigenvalue weighted by Crippen LogP contribution is -2.38. The Morgan fingerprint density at radius 3 is 2.63 bits per heavy atom. The summed E-state index contributed by atoms with van der Waals surface area (Å²) >= 11 is 0. The molecule has 3 rings (SSSR count). The normalized spacial score (nSPS) is 19.9. The minimum absolute atomic E-state index is 0.0779. The molecule has 7 nitrogen and oxygen atoms in total. The number of hydrogen-bond acceptors (Lipinski definition) is 4. The molecule has 1 fully saturated rings. The number of nitrogens with one attached hydrogen (secondary N) is 1. The standard InChI is InChI=1S/C20H27N3O4/c1-20(2,3)27-19(25)22-13-5-6-14(10-13)23-8-7-12-9-15(18(21)24)17(26-4)11-16(12)23/h7-9,11,13-14H,5-6,10H2,1-4H3,(H2,21,24)(H,22,25)/t13-,14-/m0/s1. The first-order valence-corrected chi connectivity index (χ1v) is 9.16. The number of amides is 2. The minimum atomic E-state index is -0.510. The highest BCUT2D eigenvalue weighted by Crippen LogP contribution is 2.35. The monoisotopic (exact) mass is 373 g/mol. The van der Waals surface area contributed by atoms with Crippen LogP contribution in [0.4, 0.5) is 4.79 Å².